The first-order valence-corrected chi connectivity index (χ1v) is 10.4. The van der Waals surface area contributed by atoms with Gasteiger partial charge in [-0.05, 0) is 24.6 Å². The maximum Gasteiger partial charge on any atom is 0.416 e. The Morgan fingerprint density at radius 1 is 1.09 bits per heavy atom. The number of hydrazine groups is 1. The minimum atomic E-state index is -4.95. The van der Waals surface area contributed by atoms with Crippen molar-refractivity contribution in [2.75, 3.05) is 46.4 Å². The Hall–Kier alpha value is -2.71. The van der Waals surface area contributed by atoms with Gasteiger partial charge in [0.2, 0.25) is 0 Å². The van der Waals surface area contributed by atoms with Crippen molar-refractivity contribution in [1.29, 1.82) is 0 Å². The molecule has 3 rings (SSSR count). The van der Waals surface area contributed by atoms with Gasteiger partial charge in [0.25, 0.3) is 5.91 Å². The maximum absolute atomic E-state index is 13.1. The summed E-state index contributed by atoms with van der Waals surface area (Å²) in [4.78, 5) is 18.1. The highest BCUT2D eigenvalue weighted by Crippen LogP contribution is 2.38. The molecule has 1 aliphatic heterocycles. The van der Waals surface area contributed by atoms with Crippen molar-refractivity contribution < 1.29 is 35.9 Å². The summed E-state index contributed by atoms with van der Waals surface area (Å²) >= 11 is 0. The fourth-order valence-corrected chi connectivity index (χ4v) is 3.25. The Morgan fingerprint density at radius 3 is 2.29 bits per heavy atom. The number of carbonyl (C=O) groups excluding carboxylic acids is 1. The number of alkyl halides is 6. The normalized spacial score (nSPS) is 15.5. The molecular formula is C20H24F6N6O2. The summed E-state index contributed by atoms with van der Waals surface area (Å²) in [5.41, 5.74) is -0.295. The van der Waals surface area contributed by atoms with Crippen LogP contribution in [0.4, 0.5) is 26.3 Å². The van der Waals surface area contributed by atoms with Crippen molar-refractivity contribution in [3.05, 3.63) is 35.7 Å². The molecule has 0 aliphatic carbocycles. The summed E-state index contributed by atoms with van der Waals surface area (Å²) in [7, 11) is 1.60. The molecule has 34 heavy (non-hydrogen) atoms. The van der Waals surface area contributed by atoms with Crippen LogP contribution < -0.4 is 5.43 Å². The predicted molar refractivity (Wildman–Crippen MR) is 108 cm³/mol. The Balaban J connectivity index is 1.55. The van der Waals surface area contributed by atoms with Gasteiger partial charge < -0.3 is 4.74 Å². The third-order valence-electron chi connectivity index (χ3n) is 5.13. The van der Waals surface area contributed by atoms with Crippen molar-refractivity contribution in [1.82, 2.24) is 30.1 Å². The predicted octanol–water partition coefficient (Wildman–Crippen LogP) is 2.67. The van der Waals surface area contributed by atoms with Crippen LogP contribution in [0.3, 0.4) is 0 Å². The van der Waals surface area contributed by atoms with Gasteiger partial charge in [0.15, 0.2) is 5.82 Å². The minimum Gasteiger partial charge on any atom is -0.379 e. The molecule has 1 saturated heterocycles. The van der Waals surface area contributed by atoms with E-state index in [1.807, 2.05) is 4.90 Å². The van der Waals surface area contributed by atoms with Gasteiger partial charge in [0, 0.05) is 38.8 Å². The summed E-state index contributed by atoms with van der Waals surface area (Å²) in [6.45, 7) is 3.48. The zero-order valence-corrected chi connectivity index (χ0v) is 18.3. The van der Waals surface area contributed by atoms with E-state index in [2.05, 4.69) is 15.5 Å². The molecule has 2 aromatic rings. The zero-order chi connectivity index (χ0) is 24.9. The van der Waals surface area contributed by atoms with Crippen LogP contribution >= 0.6 is 0 Å². The van der Waals surface area contributed by atoms with Crippen LogP contribution in [0.15, 0.2) is 24.5 Å². The number of ether oxygens (including phenoxy) is 1. The lowest BCUT2D eigenvalue weighted by Crippen LogP contribution is -2.48. The van der Waals surface area contributed by atoms with Crippen LogP contribution in [0.25, 0.3) is 11.4 Å². The number of rotatable bonds is 8. The molecular weight excluding hydrogens is 470 g/mol. The van der Waals surface area contributed by atoms with Crippen molar-refractivity contribution in [2.24, 2.45) is 0 Å². The van der Waals surface area contributed by atoms with Crippen molar-refractivity contribution in [2.45, 2.75) is 25.3 Å². The molecule has 1 amide bonds. The van der Waals surface area contributed by atoms with Crippen LogP contribution in [0, 0.1) is 0 Å². The van der Waals surface area contributed by atoms with Gasteiger partial charge in [-0.1, -0.05) is 0 Å². The highest BCUT2D eigenvalue weighted by atomic mass is 19.4. The van der Waals surface area contributed by atoms with E-state index in [9.17, 15) is 31.1 Å². The highest BCUT2D eigenvalue weighted by molar-refractivity contribution is 5.77. The number of hydrogen-bond acceptors (Lipinski definition) is 6. The molecule has 0 atom stereocenters. The first-order chi connectivity index (χ1) is 15.9. The van der Waals surface area contributed by atoms with E-state index in [1.165, 1.54) is 16.0 Å². The quantitative estimate of drug-likeness (QED) is 0.346. The van der Waals surface area contributed by atoms with Gasteiger partial charge in [-0.25, -0.2) is 10.4 Å². The lowest BCUT2D eigenvalue weighted by atomic mass is 10.0. The lowest BCUT2D eigenvalue weighted by Gasteiger charge is -2.28. The van der Waals surface area contributed by atoms with E-state index < -0.39 is 23.5 Å². The molecule has 8 nitrogen and oxygen atoms in total. The number of halogens is 6. The number of aromatic nitrogens is 3. The second-order valence-corrected chi connectivity index (χ2v) is 7.73. The molecule has 1 N–H and O–H groups in total. The third kappa shape index (κ3) is 7.14. The fraction of sp³-hybridized carbons (Fsp3) is 0.550. The van der Waals surface area contributed by atoms with Gasteiger partial charge in [-0.3, -0.25) is 19.4 Å². The second kappa shape index (κ2) is 10.7. The van der Waals surface area contributed by atoms with E-state index in [0.29, 0.717) is 51.4 Å². The van der Waals surface area contributed by atoms with Gasteiger partial charge in [0.1, 0.15) is 6.33 Å². The molecule has 0 saturated carbocycles. The Kier molecular flexibility index (Phi) is 8.15. The van der Waals surface area contributed by atoms with Crippen molar-refractivity contribution in [3.63, 3.8) is 0 Å². The number of morpholine rings is 1. The number of hydrogen-bond donors (Lipinski definition) is 1. The highest BCUT2D eigenvalue weighted by Gasteiger charge is 2.37. The molecule has 14 heteroatoms. The van der Waals surface area contributed by atoms with Crippen LogP contribution in [0.5, 0.6) is 0 Å². The van der Waals surface area contributed by atoms with E-state index in [-0.39, 0.29) is 36.5 Å². The largest absolute Gasteiger partial charge is 0.416 e. The number of amides is 1. The number of carbonyl (C=O) groups is 1. The molecule has 1 aromatic heterocycles. The number of aryl methyl sites for hydroxylation is 1. The van der Waals surface area contributed by atoms with Crippen LogP contribution in [-0.2, 0) is 28.4 Å². The van der Waals surface area contributed by atoms with Gasteiger partial charge >= 0.3 is 12.4 Å². The molecule has 188 valence electrons. The van der Waals surface area contributed by atoms with Crippen LogP contribution in [0.1, 0.15) is 17.5 Å². The van der Waals surface area contributed by atoms with Crippen molar-refractivity contribution >= 4 is 5.91 Å². The monoisotopic (exact) mass is 494 g/mol. The van der Waals surface area contributed by atoms with Crippen LogP contribution in [-0.4, -0.2) is 77.0 Å². The molecule has 1 fully saturated rings. The lowest BCUT2D eigenvalue weighted by molar-refractivity contribution is -0.143. The first-order valence-electron chi connectivity index (χ1n) is 10.4. The maximum atomic E-state index is 13.1. The van der Waals surface area contributed by atoms with Gasteiger partial charge in [0.05, 0.1) is 30.9 Å². The van der Waals surface area contributed by atoms with Gasteiger partial charge in [-0.2, -0.15) is 31.4 Å². The topological polar surface area (TPSA) is 75.5 Å². The summed E-state index contributed by atoms with van der Waals surface area (Å²) in [6.07, 6.45) is -8.19. The molecule has 0 radical (unpaired) electrons. The summed E-state index contributed by atoms with van der Waals surface area (Å²) in [6, 6.07) is 1.24. The zero-order valence-electron chi connectivity index (χ0n) is 18.3. The summed E-state index contributed by atoms with van der Waals surface area (Å²) in [5.74, 6) is -0.364. The van der Waals surface area contributed by atoms with Gasteiger partial charge in [-0.15, -0.1) is 0 Å². The summed E-state index contributed by atoms with van der Waals surface area (Å²) in [5, 5.41) is 5.38. The standard InChI is InChI=1S/C20H24F6N6O2/c1-30(17(33)12-31-5-7-34-8-6-31)28-3-2-4-32-13-27-18(29-32)14-9-15(19(21,22)23)11-16(10-14)20(24,25)26/h9-11,13,28H,2-8,12H2,1H3. The van der Waals surface area contributed by atoms with Crippen molar-refractivity contribution in [3.8, 4) is 11.4 Å². The van der Waals surface area contributed by atoms with E-state index in [4.69, 9.17) is 4.74 Å². The molecule has 1 aliphatic rings. The SMILES string of the molecule is CN(NCCCn1cnc(-c2cc(C(F)(F)F)cc(C(F)(F)F)c2)n1)C(=O)CN1CCOCC1. The average Bonchev–Trinajstić information content (AvgIpc) is 3.25. The van der Waals surface area contributed by atoms with E-state index in [1.54, 1.807) is 7.05 Å². The van der Waals surface area contributed by atoms with E-state index >= 15 is 0 Å². The number of nitrogens with zero attached hydrogens (tertiary/aromatic N) is 5. The molecule has 0 unspecified atom stereocenters. The first kappa shape index (κ1) is 25.9. The number of benzene rings is 1. The summed E-state index contributed by atoms with van der Waals surface area (Å²) < 4.78 is 84.9. The Labute approximate surface area is 191 Å². The second-order valence-electron chi connectivity index (χ2n) is 7.73. The van der Waals surface area contributed by atoms with E-state index in [0.717, 1.165) is 0 Å². The number of likely N-dealkylation sites (N-methyl/N-ethyl adjacent to an activating group) is 1. The smallest absolute Gasteiger partial charge is 0.379 e. The molecule has 1 aromatic carbocycles. The Bertz CT molecular complexity index is 939. The Morgan fingerprint density at radius 2 is 1.71 bits per heavy atom. The fourth-order valence-electron chi connectivity index (χ4n) is 3.25. The van der Waals surface area contributed by atoms with Crippen LogP contribution in [0.2, 0.25) is 0 Å². The minimum absolute atomic E-state index is 0.0585. The molecule has 0 bridgehead atoms. The third-order valence-corrected chi connectivity index (χ3v) is 5.13. The molecule has 2 heterocycles. The average molecular weight is 494 g/mol. The molecule has 0 spiro atoms. The number of nitrogens with one attached hydrogen (secondary N) is 1.